The standard InChI is InChI=1S/C10H16F4N2/c1-9(2,4-3-5-15)6-16-7-10(13,14)8(11)12/h8,16H,3-4,6-7H2,1-2H3. The van der Waals surface area contributed by atoms with E-state index in [2.05, 4.69) is 5.32 Å². The second-order valence-corrected chi connectivity index (χ2v) is 4.49. The van der Waals surface area contributed by atoms with E-state index in [9.17, 15) is 17.6 Å². The van der Waals surface area contributed by atoms with Gasteiger partial charge in [-0.05, 0) is 11.8 Å². The summed E-state index contributed by atoms with van der Waals surface area (Å²) in [6.45, 7) is 2.72. The summed E-state index contributed by atoms with van der Waals surface area (Å²) in [6, 6.07) is 1.95. The molecule has 2 nitrogen and oxygen atoms in total. The molecule has 0 amide bonds. The van der Waals surface area contributed by atoms with Crippen LogP contribution in [0.25, 0.3) is 0 Å². The zero-order chi connectivity index (χ0) is 12.8. The van der Waals surface area contributed by atoms with Crippen LogP contribution < -0.4 is 5.32 Å². The lowest BCUT2D eigenvalue weighted by molar-refractivity contribution is -0.125. The Balaban J connectivity index is 3.94. The Labute approximate surface area is 92.6 Å². The molecule has 0 atom stereocenters. The minimum Gasteiger partial charge on any atom is -0.310 e. The van der Waals surface area contributed by atoms with Crippen LogP contribution in [0.4, 0.5) is 17.6 Å². The normalized spacial score (nSPS) is 12.9. The van der Waals surface area contributed by atoms with Gasteiger partial charge in [-0.2, -0.15) is 14.0 Å². The minimum atomic E-state index is -3.99. The summed E-state index contributed by atoms with van der Waals surface area (Å²) in [5, 5.41) is 10.7. The van der Waals surface area contributed by atoms with Crippen LogP contribution in [-0.2, 0) is 0 Å². The van der Waals surface area contributed by atoms with Gasteiger partial charge in [0.15, 0.2) is 0 Å². The number of hydrogen-bond donors (Lipinski definition) is 1. The zero-order valence-corrected chi connectivity index (χ0v) is 9.36. The van der Waals surface area contributed by atoms with E-state index in [1.54, 1.807) is 13.8 Å². The summed E-state index contributed by atoms with van der Waals surface area (Å²) in [6.07, 6.45) is -2.79. The number of rotatable bonds is 7. The van der Waals surface area contributed by atoms with Crippen LogP contribution in [0.2, 0.25) is 0 Å². The van der Waals surface area contributed by atoms with Crippen LogP contribution in [0.15, 0.2) is 0 Å². The highest BCUT2D eigenvalue weighted by molar-refractivity contribution is 4.80. The lowest BCUT2D eigenvalue weighted by Crippen LogP contribution is -2.42. The molecule has 1 N–H and O–H groups in total. The maximum atomic E-state index is 12.5. The Morgan fingerprint density at radius 2 is 1.81 bits per heavy atom. The number of halogens is 4. The number of alkyl halides is 4. The first kappa shape index (κ1) is 15.2. The molecule has 0 heterocycles. The number of nitrogens with one attached hydrogen (secondary N) is 1. The van der Waals surface area contributed by atoms with Gasteiger partial charge in [0.25, 0.3) is 0 Å². The molecule has 0 fully saturated rings. The molecule has 0 aromatic heterocycles. The molecular formula is C10H16F4N2. The Bertz CT molecular complexity index is 246. The van der Waals surface area contributed by atoms with Crippen molar-refractivity contribution in [2.45, 2.75) is 39.0 Å². The van der Waals surface area contributed by atoms with Gasteiger partial charge in [-0.1, -0.05) is 13.8 Å². The summed E-state index contributed by atoms with van der Waals surface area (Å²) >= 11 is 0. The predicted molar refractivity (Wildman–Crippen MR) is 52.4 cm³/mol. The zero-order valence-electron chi connectivity index (χ0n) is 9.36. The molecule has 0 aliphatic carbocycles. The minimum absolute atomic E-state index is 0.178. The van der Waals surface area contributed by atoms with E-state index >= 15 is 0 Å². The van der Waals surface area contributed by atoms with E-state index in [0.29, 0.717) is 12.8 Å². The van der Waals surface area contributed by atoms with Crippen molar-refractivity contribution < 1.29 is 17.6 Å². The van der Waals surface area contributed by atoms with Crippen molar-refractivity contribution in [3.63, 3.8) is 0 Å². The number of nitriles is 1. The van der Waals surface area contributed by atoms with Crippen molar-refractivity contribution in [3.8, 4) is 6.07 Å². The van der Waals surface area contributed by atoms with E-state index < -0.39 is 18.9 Å². The lowest BCUT2D eigenvalue weighted by atomic mass is 9.88. The Hall–Kier alpha value is -0.830. The molecule has 0 aliphatic rings. The molecule has 0 aliphatic heterocycles. The van der Waals surface area contributed by atoms with Crippen LogP contribution in [0.1, 0.15) is 26.7 Å². The molecule has 6 heteroatoms. The van der Waals surface area contributed by atoms with Gasteiger partial charge in [-0.25, -0.2) is 8.78 Å². The molecule has 94 valence electrons. The topological polar surface area (TPSA) is 35.8 Å². The van der Waals surface area contributed by atoms with Crippen LogP contribution in [0, 0.1) is 16.7 Å². The van der Waals surface area contributed by atoms with E-state index in [0.717, 1.165) is 0 Å². The van der Waals surface area contributed by atoms with Crippen molar-refractivity contribution in [3.05, 3.63) is 0 Å². The third-order valence-electron chi connectivity index (χ3n) is 2.20. The highest BCUT2D eigenvalue weighted by atomic mass is 19.3. The summed E-state index contributed by atoms with van der Waals surface area (Å²) in [7, 11) is 0. The predicted octanol–water partition coefficient (Wildman–Crippen LogP) is 2.81. The van der Waals surface area contributed by atoms with Crippen LogP contribution in [0.3, 0.4) is 0 Å². The van der Waals surface area contributed by atoms with Gasteiger partial charge < -0.3 is 5.32 Å². The van der Waals surface area contributed by atoms with Gasteiger partial charge in [0.2, 0.25) is 0 Å². The molecule has 0 unspecified atom stereocenters. The fourth-order valence-corrected chi connectivity index (χ4v) is 1.13. The third-order valence-corrected chi connectivity index (χ3v) is 2.20. The second-order valence-electron chi connectivity index (χ2n) is 4.49. The van der Waals surface area contributed by atoms with Crippen LogP contribution >= 0.6 is 0 Å². The van der Waals surface area contributed by atoms with Gasteiger partial charge >= 0.3 is 12.3 Å². The van der Waals surface area contributed by atoms with Gasteiger partial charge in [-0.15, -0.1) is 0 Å². The van der Waals surface area contributed by atoms with Crippen LogP contribution in [0.5, 0.6) is 0 Å². The molecule has 16 heavy (non-hydrogen) atoms. The summed E-state index contributed by atoms with van der Waals surface area (Å²) in [5.41, 5.74) is -0.353. The van der Waals surface area contributed by atoms with E-state index in [-0.39, 0.29) is 12.0 Å². The fraction of sp³-hybridized carbons (Fsp3) is 0.900. The molecule has 0 saturated heterocycles. The van der Waals surface area contributed by atoms with Crippen molar-refractivity contribution in [1.29, 1.82) is 5.26 Å². The second kappa shape index (κ2) is 6.04. The maximum absolute atomic E-state index is 12.5. The van der Waals surface area contributed by atoms with Gasteiger partial charge in [0.1, 0.15) is 0 Å². The van der Waals surface area contributed by atoms with E-state index in [4.69, 9.17) is 5.26 Å². The lowest BCUT2D eigenvalue weighted by Gasteiger charge is -2.25. The molecular weight excluding hydrogens is 224 g/mol. The SMILES string of the molecule is CC(C)(CCC#N)CNCC(F)(F)C(F)F. The van der Waals surface area contributed by atoms with Crippen molar-refractivity contribution in [1.82, 2.24) is 5.32 Å². The van der Waals surface area contributed by atoms with E-state index in [1.807, 2.05) is 6.07 Å². The number of hydrogen-bond acceptors (Lipinski definition) is 2. The number of nitrogens with zero attached hydrogens (tertiary/aromatic N) is 1. The third kappa shape index (κ3) is 5.91. The molecule has 0 aromatic carbocycles. The van der Waals surface area contributed by atoms with Crippen LogP contribution in [-0.4, -0.2) is 25.4 Å². The largest absolute Gasteiger partial charge is 0.319 e. The summed E-state index contributed by atoms with van der Waals surface area (Å²) in [5.74, 6) is -3.99. The monoisotopic (exact) mass is 240 g/mol. The molecule has 0 radical (unpaired) electrons. The molecule has 0 rings (SSSR count). The average molecular weight is 240 g/mol. The Kier molecular flexibility index (Phi) is 5.73. The highest BCUT2D eigenvalue weighted by Gasteiger charge is 2.40. The fourth-order valence-electron chi connectivity index (χ4n) is 1.13. The van der Waals surface area contributed by atoms with Gasteiger partial charge in [0, 0.05) is 13.0 Å². The Morgan fingerprint density at radius 3 is 2.25 bits per heavy atom. The molecule has 0 bridgehead atoms. The first-order valence-corrected chi connectivity index (χ1v) is 4.95. The van der Waals surface area contributed by atoms with Gasteiger partial charge in [0.05, 0.1) is 12.6 Å². The van der Waals surface area contributed by atoms with E-state index in [1.165, 1.54) is 0 Å². The summed E-state index contributed by atoms with van der Waals surface area (Å²) in [4.78, 5) is 0. The molecule has 0 spiro atoms. The average Bonchev–Trinajstić information content (AvgIpc) is 2.14. The van der Waals surface area contributed by atoms with Crippen molar-refractivity contribution >= 4 is 0 Å². The smallest absolute Gasteiger partial charge is 0.310 e. The van der Waals surface area contributed by atoms with Crippen molar-refractivity contribution in [2.24, 2.45) is 5.41 Å². The van der Waals surface area contributed by atoms with Gasteiger partial charge in [-0.3, -0.25) is 0 Å². The molecule has 0 aromatic rings. The first-order valence-electron chi connectivity index (χ1n) is 4.95. The highest BCUT2D eigenvalue weighted by Crippen LogP contribution is 2.24. The quantitative estimate of drug-likeness (QED) is 0.694. The first-order chi connectivity index (χ1) is 7.21. The van der Waals surface area contributed by atoms with Crippen molar-refractivity contribution in [2.75, 3.05) is 13.1 Å². The maximum Gasteiger partial charge on any atom is 0.319 e. The molecule has 0 saturated carbocycles. The Morgan fingerprint density at radius 1 is 1.25 bits per heavy atom. The summed E-state index contributed by atoms with van der Waals surface area (Å²) < 4.78 is 48.6.